The maximum absolute atomic E-state index is 12.7. The third-order valence-electron chi connectivity index (χ3n) is 4.53. The first kappa shape index (κ1) is 19.4. The fraction of sp³-hybridized carbons (Fsp3) is 0.364. The highest BCUT2D eigenvalue weighted by molar-refractivity contribution is 7.16. The van der Waals surface area contributed by atoms with Crippen LogP contribution in [0.2, 0.25) is 0 Å². The van der Waals surface area contributed by atoms with Gasteiger partial charge >= 0.3 is 0 Å². The van der Waals surface area contributed by atoms with E-state index in [0.29, 0.717) is 5.56 Å². The van der Waals surface area contributed by atoms with Crippen LogP contribution in [0.1, 0.15) is 50.0 Å². The summed E-state index contributed by atoms with van der Waals surface area (Å²) in [6.07, 6.45) is 0.972. The molecule has 0 aliphatic heterocycles. The second-order valence-electron chi connectivity index (χ2n) is 7.61. The number of methoxy groups -OCH3 is 1. The zero-order chi connectivity index (χ0) is 19.6. The normalized spacial score (nSPS) is 12.6. The average Bonchev–Trinajstić information content (AvgIpc) is 2.97. The molecule has 1 heterocycles. The summed E-state index contributed by atoms with van der Waals surface area (Å²) in [5.74, 6) is 0.599. The van der Waals surface area contributed by atoms with E-state index in [1.165, 1.54) is 16.9 Å². The number of hydrogen-bond donors (Lipinski definition) is 0. The Kier molecular flexibility index (Phi) is 5.51. The Morgan fingerprint density at radius 2 is 1.85 bits per heavy atom. The standard InChI is InChI=1S/C22H26N2O2S/c1-6-13-24-18-12-11-17(26-5)14-19(18)27-21(24)23-20(25)15-7-9-16(10-8-15)22(2,3)4/h7-12,14H,6,13H2,1-5H3. The minimum Gasteiger partial charge on any atom is -0.497 e. The van der Waals surface area contributed by atoms with Gasteiger partial charge in [0.1, 0.15) is 5.75 Å². The van der Waals surface area contributed by atoms with E-state index >= 15 is 0 Å². The van der Waals surface area contributed by atoms with Crippen molar-refractivity contribution < 1.29 is 9.53 Å². The summed E-state index contributed by atoms with van der Waals surface area (Å²) in [6, 6.07) is 13.7. The molecule has 2 aromatic carbocycles. The van der Waals surface area contributed by atoms with E-state index in [2.05, 4.69) is 37.3 Å². The minimum absolute atomic E-state index is 0.0629. The summed E-state index contributed by atoms with van der Waals surface area (Å²) in [6.45, 7) is 9.42. The number of hydrogen-bond acceptors (Lipinski definition) is 3. The SMILES string of the molecule is CCCn1c(=NC(=O)c2ccc(C(C)(C)C)cc2)sc2cc(OC)ccc21. The second kappa shape index (κ2) is 7.69. The zero-order valence-electron chi connectivity index (χ0n) is 16.6. The number of nitrogens with zero attached hydrogens (tertiary/aromatic N) is 2. The molecule has 0 aliphatic rings. The van der Waals surface area contributed by atoms with Gasteiger partial charge in [-0.2, -0.15) is 4.99 Å². The van der Waals surface area contributed by atoms with Gasteiger partial charge in [-0.3, -0.25) is 4.79 Å². The molecule has 0 fully saturated rings. The highest BCUT2D eigenvalue weighted by Gasteiger charge is 2.14. The zero-order valence-corrected chi connectivity index (χ0v) is 17.4. The molecule has 0 spiro atoms. The molecule has 0 aliphatic carbocycles. The molecule has 5 heteroatoms. The van der Waals surface area contributed by atoms with E-state index in [1.54, 1.807) is 7.11 Å². The van der Waals surface area contributed by atoms with Gasteiger partial charge in [0, 0.05) is 12.1 Å². The first-order valence-electron chi connectivity index (χ1n) is 9.20. The molecule has 0 atom stereocenters. The Bertz CT molecular complexity index is 1020. The van der Waals surface area contributed by atoms with Gasteiger partial charge in [-0.05, 0) is 47.7 Å². The summed E-state index contributed by atoms with van der Waals surface area (Å²) in [5, 5.41) is 0. The number of fused-ring (bicyclic) bond motifs is 1. The molecule has 0 N–H and O–H groups in total. The number of carbonyl (C=O) groups excluding carboxylic acids is 1. The van der Waals surface area contributed by atoms with Crippen LogP contribution in [-0.2, 0) is 12.0 Å². The van der Waals surface area contributed by atoms with Gasteiger partial charge in [0.25, 0.3) is 5.91 Å². The lowest BCUT2D eigenvalue weighted by atomic mass is 9.87. The van der Waals surface area contributed by atoms with Crippen LogP contribution in [0.5, 0.6) is 5.75 Å². The molecule has 3 aromatic rings. The van der Waals surface area contributed by atoms with E-state index in [4.69, 9.17) is 4.74 Å². The predicted octanol–water partition coefficient (Wildman–Crippen LogP) is 5.16. The van der Waals surface area contributed by atoms with Crippen molar-refractivity contribution in [3.63, 3.8) is 0 Å². The molecule has 4 nitrogen and oxygen atoms in total. The lowest BCUT2D eigenvalue weighted by Crippen LogP contribution is -2.17. The summed E-state index contributed by atoms with van der Waals surface area (Å²) < 4.78 is 8.50. The van der Waals surface area contributed by atoms with Crippen LogP contribution in [-0.4, -0.2) is 17.6 Å². The number of carbonyl (C=O) groups is 1. The lowest BCUT2D eigenvalue weighted by Gasteiger charge is -2.18. The molecule has 27 heavy (non-hydrogen) atoms. The minimum atomic E-state index is -0.209. The number of amides is 1. The smallest absolute Gasteiger partial charge is 0.279 e. The number of thiazole rings is 1. The Hall–Kier alpha value is -2.40. The molecule has 0 saturated carbocycles. The first-order valence-corrected chi connectivity index (χ1v) is 10.0. The van der Waals surface area contributed by atoms with Crippen molar-refractivity contribution >= 4 is 27.5 Å². The number of benzene rings is 2. The number of rotatable bonds is 4. The molecule has 1 amide bonds. The van der Waals surface area contributed by atoms with Crippen LogP contribution in [0, 0.1) is 0 Å². The Labute approximate surface area is 164 Å². The molecule has 0 unspecified atom stereocenters. The second-order valence-corrected chi connectivity index (χ2v) is 8.62. The van der Waals surface area contributed by atoms with Gasteiger partial charge < -0.3 is 9.30 Å². The largest absolute Gasteiger partial charge is 0.497 e. The van der Waals surface area contributed by atoms with Gasteiger partial charge in [0.05, 0.1) is 17.3 Å². The van der Waals surface area contributed by atoms with E-state index in [9.17, 15) is 4.79 Å². The molecule has 3 rings (SSSR count). The van der Waals surface area contributed by atoms with Gasteiger partial charge in [0.2, 0.25) is 0 Å². The van der Waals surface area contributed by atoms with Crippen molar-refractivity contribution in [3.05, 3.63) is 58.4 Å². The van der Waals surface area contributed by atoms with E-state index < -0.39 is 0 Å². The van der Waals surface area contributed by atoms with Gasteiger partial charge in [0.15, 0.2) is 4.80 Å². The van der Waals surface area contributed by atoms with Gasteiger partial charge in [-0.1, -0.05) is 51.2 Å². The predicted molar refractivity (Wildman–Crippen MR) is 112 cm³/mol. The molecule has 0 radical (unpaired) electrons. The van der Waals surface area contributed by atoms with Crippen molar-refractivity contribution in [1.29, 1.82) is 0 Å². The number of aryl methyl sites for hydroxylation is 1. The monoisotopic (exact) mass is 382 g/mol. The van der Waals surface area contributed by atoms with E-state index in [1.807, 2.05) is 42.5 Å². The molecular formula is C22H26N2O2S. The summed E-state index contributed by atoms with van der Waals surface area (Å²) in [5.41, 5.74) is 2.96. The Morgan fingerprint density at radius 3 is 2.44 bits per heavy atom. The van der Waals surface area contributed by atoms with Crippen molar-refractivity contribution in [2.45, 2.75) is 46.1 Å². The number of ether oxygens (including phenoxy) is 1. The third kappa shape index (κ3) is 4.14. The van der Waals surface area contributed by atoms with Crippen molar-refractivity contribution in [3.8, 4) is 5.75 Å². The maximum atomic E-state index is 12.7. The van der Waals surface area contributed by atoms with E-state index in [-0.39, 0.29) is 11.3 Å². The van der Waals surface area contributed by atoms with Crippen LogP contribution in [0.4, 0.5) is 0 Å². The fourth-order valence-electron chi connectivity index (χ4n) is 2.97. The molecule has 0 saturated heterocycles. The van der Waals surface area contributed by atoms with Crippen molar-refractivity contribution in [1.82, 2.24) is 4.57 Å². The highest BCUT2D eigenvalue weighted by atomic mass is 32.1. The van der Waals surface area contributed by atoms with Crippen molar-refractivity contribution in [2.75, 3.05) is 7.11 Å². The van der Waals surface area contributed by atoms with Crippen LogP contribution >= 0.6 is 11.3 Å². The lowest BCUT2D eigenvalue weighted by molar-refractivity contribution is 0.0997. The topological polar surface area (TPSA) is 43.6 Å². The highest BCUT2D eigenvalue weighted by Crippen LogP contribution is 2.24. The maximum Gasteiger partial charge on any atom is 0.279 e. The van der Waals surface area contributed by atoms with Crippen LogP contribution in [0.25, 0.3) is 10.2 Å². The third-order valence-corrected chi connectivity index (χ3v) is 5.57. The summed E-state index contributed by atoms with van der Waals surface area (Å²) in [7, 11) is 1.66. The Balaban J connectivity index is 2.03. The van der Waals surface area contributed by atoms with Crippen LogP contribution < -0.4 is 9.54 Å². The van der Waals surface area contributed by atoms with Gasteiger partial charge in [-0.15, -0.1) is 0 Å². The Morgan fingerprint density at radius 1 is 1.15 bits per heavy atom. The van der Waals surface area contributed by atoms with Crippen LogP contribution in [0.15, 0.2) is 47.5 Å². The average molecular weight is 383 g/mol. The van der Waals surface area contributed by atoms with Crippen LogP contribution in [0.3, 0.4) is 0 Å². The van der Waals surface area contributed by atoms with Gasteiger partial charge in [-0.25, -0.2) is 0 Å². The fourth-order valence-corrected chi connectivity index (χ4v) is 4.05. The summed E-state index contributed by atoms with van der Waals surface area (Å²) in [4.78, 5) is 17.9. The number of aromatic nitrogens is 1. The van der Waals surface area contributed by atoms with Crippen molar-refractivity contribution in [2.24, 2.45) is 4.99 Å². The molecule has 0 bridgehead atoms. The quantitative estimate of drug-likeness (QED) is 0.625. The molecule has 1 aromatic heterocycles. The molecular weight excluding hydrogens is 356 g/mol. The first-order chi connectivity index (χ1) is 12.8. The summed E-state index contributed by atoms with van der Waals surface area (Å²) >= 11 is 1.52. The molecule has 142 valence electrons. The van der Waals surface area contributed by atoms with E-state index in [0.717, 1.165) is 33.7 Å².